The van der Waals surface area contributed by atoms with Crippen LogP contribution in [0.3, 0.4) is 0 Å². The zero-order valence-electron chi connectivity index (χ0n) is 18.5. The van der Waals surface area contributed by atoms with Crippen molar-refractivity contribution in [3.63, 3.8) is 0 Å². The molecule has 1 N–H and O–H groups in total. The molecule has 1 amide bonds. The highest BCUT2D eigenvalue weighted by Gasteiger charge is 2.42. The van der Waals surface area contributed by atoms with Crippen LogP contribution in [0.25, 0.3) is 0 Å². The minimum Gasteiger partial charge on any atom is -0.444 e. The smallest absolute Gasteiger partial charge is 0.407 e. The van der Waals surface area contributed by atoms with Crippen molar-refractivity contribution in [3.05, 3.63) is 35.9 Å². The molecule has 1 unspecified atom stereocenters. The molecule has 1 aromatic rings. The highest BCUT2D eigenvalue weighted by atomic mass is 32.2. The number of benzene rings is 1. The van der Waals surface area contributed by atoms with E-state index < -0.39 is 33.3 Å². The molecule has 1 atom stereocenters. The van der Waals surface area contributed by atoms with Gasteiger partial charge in [0.2, 0.25) is 0 Å². The molecule has 0 radical (unpaired) electrons. The first-order chi connectivity index (χ1) is 14.0. The zero-order chi connectivity index (χ0) is 22.3. The van der Waals surface area contributed by atoms with Crippen molar-refractivity contribution in [1.29, 1.82) is 0 Å². The number of amides is 1. The molecule has 0 aromatic heterocycles. The molecule has 1 aliphatic rings. The first-order valence-corrected chi connectivity index (χ1v) is 12.3. The Kier molecular flexibility index (Phi) is 8.70. The molecule has 0 heterocycles. The van der Waals surface area contributed by atoms with Gasteiger partial charge in [-0.25, -0.2) is 4.79 Å². The SMILES string of the molecule is CC(C)(C)OC(=O)NCC1(C(COS(C)(=O)=O)OCc2ccccc2)CCCCC1. The van der Waals surface area contributed by atoms with E-state index in [1.165, 1.54) is 0 Å². The summed E-state index contributed by atoms with van der Waals surface area (Å²) >= 11 is 0. The van der Waals surface area contributed by atoms with Gasteiger partial charge < -0.3 is 14.8 Å². The molecule has 170 valence electrons. The maximum Gasteiger partial charge on any atom is 0.407 e. The third-order valence-corrected chi connectivity index (χ3v) is 5.81. The van der Waals surface area contributed by atoms with Crippen molar-refractivity contribution < 1.29 is 26.9 Å². The van der Waals surface area contributed by atoms with Crippen LogP contribution in [0.2, 0.25) is 0 Å². The summed E-state index contributed by atoms with van der Waals surface area (Å²) in [5.41, 5.74) is -0.0194. The molecule has 1 saturated carbocycles. The second-order valence-corrected chi connectivity index (χ2v) is 10.7. The van der Waals surface area contributed by atoms with Crippen molar-refractivity contribution in [3.8, 4) is 0 Å². The molecule has 1 fully saturated rings. The van der Waals surface area contributed by atoms with Gasteiger partial charge in [-0.15, -0.1) is 0 Å². The fourth-order valence-electron chi connectivity index (χ4n) is 3.79. The predicted molar refractivity (Wildman–Crippen MR) is 116 cm³/mol. The van der Waals surface area contributed by atoms with Crippen LogP contribution >= 0.6 is 0 Å². The van der Waals surface area contributed by atoms with E-state index in [4.69, 9.17) is 13.7 Å². The van der Waals surface area contributed by atoms with Crippen molar-refractivity contribution in [2.45, 2.75) is 71.2 Å². The van der Waals surface area contributed by atoms with E-state index >= 15 is 0 Å². The number of rotatable bonds is 9. The van der Waals surface area contributed by atoms with Crippen LogP contribution in [-0.4, -0.2) is 45.6 Å². The van der Waals surface area contributed by atoms with Crippen LogP contribution < -0.4 is 5.32 Å². The maximum absolute atomic E-state index is 12.3. The van der Waals surface area contributed by atoms with Gasteiger partial charge in [0.1, 0.15) is 5.60 Å². The number of nitrogens with one attached hydrogen (secondary N) is 1. The summed E-state index contributed by atoms with van der Waals surface area (Å²) in [6.45, 7) is 6.04. The van der Waals surface area contributed by atoms with Crippen molar-refractivity contribution in [2.24, 2.45) is 5.41 Å². The van der Waals surface area contributed by atoms with Gasteiger partial charge in [0, 0.05) is 12.0 Å². The average molecular weight is 442 g/mol. The summed E-state index contributed by atoms with van der Waals surface area (Å²) in [5.74, 6) is 0. The second kappa shape index (κ2) is 10.6. The average Bonchev–Trinajstić information content (AvgIpc) is 2.66. The summed E-state index contributed by atoms with van der Waals surface area (Å²) in [6, 6.07) is 9.71. The highest BCUT2D eigenvalue weighted by molar-refractivity contribution is 7.85. The molecule has 30 heavy (non-hydrogen) atoms. The first-order valence-electron chi connectivity index (χ1n) is 10.5. The van der Waals surface area contributed by atoms with Crippen molar-refractivity contribution in [1.82, 2.24) is 5.32 Å². The summed E-state index contributed by atoms with van der Waals surface area (Å²) in [7, 11) is -3.61. The Morgan fingerprint density at radius 1 is 1.13 bits per heavy atom. The lowest BCUT2D eigenvalue weighted by Gasteiger charge is -2.43. The summed E-state index contributed by atoms with van der Waals surface area (Å²) < 4.78 is 40.1. The molecule has 0 spiro atoms. The van der Waals surface area contributed by atoms with Crippen LogP contribution in [0.1, 0.15) is 58.4 Å². The molecule has 0 aliphatic heterocycles. The normalized spacial score (nSPS) is 17.9. The van der Waals surface area contributed by atoms with Gasteiger partial charge in [-0.3, -0.25) is 4.18 Å². The standard InChI is InChI=1S/C22H35NO6S/c1-21(2,3)29-20(24)23-17-22(13-9-6-10-14-22)19(16-28-30(4,25)26)27-15-18-11-7-5-8-12-18/h5,7-8,11-12,19H,6,9-10,13-17H2,1-4H3,(H,23,24). The lowest BCUT2D eigenvalue weighted by molar-refractivity contribution is -0.0862. The van der Waals surface area contributed by atoms with E-state index in [9.17, 15) is 13.2 Å². The molecule has 1 aliphatic carbocycles. The lowest BCUT2D eigenvalue weighted by Crippen LogP contribution is -2.50. The van der Waals surface area contributed by atoms with Crippen LogP contribution in [0, 0.1) is 5.41 Å². The molecule has 2 rings (SSSR count). The largest absolute Gasteiger partial charge is 0.444 e. The van der Waals surface area contributed by atoms with Gasteiger partial charge >= 0.3 is 6.09 Å². The number of alkyl carbamates (subject to hydrolysis) is 1. The Morgan fingerprint density at radius 3 is 2.33 bits per heavy atom. The van der Waals surface area contributed by atoms with E-state index in [0.29, 0.717) is 13.2 Å². The van der Waals surface area contributed by atoms with Gasteiger partial charge in [0.15, 0.2) is 0 Å². The monoisotopic (exact) mass is 441 g/mol. The van der Waals surface area contributed by atoms with E-state index in [2.05, 4.69) is 5.32 Å². The highest BCUT2D eigenvalue weighted by Crippen LogP contribution is 2.41. The minimum atomic E-state index is -3.61. The zero-order valence-corrected chi connectivity index (χ0v) is 19.3. The van der Waals surface area contributed by atoms with E-state index in [1.54, 1.807) is 0 Å². The van der Waals surface area contributed by atoms with Gasteiger partial charge in [-0.05, 0) is 39.2 Å². The van der Waals surface area contributed by atoms with Gasteiger partial charge in [0.25, 0.3) is 10.1 Å². The molecule has 7 nitrogen and oxygen atoms in total. The number of carbonyl (C=O) groups excluding carboxylic acids is 1. The predicted octanol–water partition coefficient (Wildman–Crippen LogP) is 4.02. The van der Waals surface area contributed by atoms with E-state index in [1.807, 2.05) is 51.1 Å². The van der Waals surface area contributed by atoms with Crippen LogP contribution in [0.4, 0.5) is 4.79 Å². The third-order valence-electron chi connectivity index (χ3n) is 5.24. The Balaban J connectivity index is 2.16. The Morgan fingerprint density at radius 2 is 1.77 bits per heavy atom. The molecular weight excluding hydrogens is 406 g/mol. The Labute approximate surface area is 180 Å². The number of hydrogen-bond acceptors (Lipinski definition) is 6. The van der Waals surface area contributed by atoms with Crippen LogP contribution in [0.15, 0.2) is 30.3 Å². The Bertz CT molecular complexity index is 767. The minimum absolute atomic E-state index is 0.0817. The number of ether oxygens (including phenoxy) is 2. The third kappa shape index (κ3) is 8.62. The maximum atomic E-state index is 12.3. The fraction of sp³-hybridized carbons (Fsp3) is 0.682. The summed E-state index contributed by atoms with van der Waals surface area (Å²) in [6.07, 6.45) is 4.77. The number of hydrogen-bond donors (Lipinski definition) is 1. The van der Waals surface area contributed by atoms with Crippen molar-refractivity contribution >= 4 is 16.2 Å². The van der Waals surface area contributed by atoms with Gasteiger partial charge in [-0.1, -0.05) is 49.6 Å². The first kappa shape index (κ1) is 24.6. The quantitative estimate of drug-likeness (QED) is 0.582. The van der Waals surface area contributed by atoms with Gasteiger partial charge in [-0.2, -0.15) is 8.42 Å². The molecular formula is C22H35NO6S. The molecule has 8 heteroatoms. The Hall–Kier alpha value is -1.64. The van der Waals surface area contributed by atoms with Gasteiger partial charge in [0.05, 0.1) is 25.6 Å². The van der Waals surface area contributed by atoms with E-state index in [-0.39, 0.29) is 6.61 Å². The molecule has 0 bridgehead atoms. The topological polar surface area (TPSA) is 90.9 Å². The van der Waals surface area contributed by atoms with Crippen molar-refractivity contribution in [2.75, 3.05) is 19.4 Å². The van der Waals surface area contributed by atoms with E-state index in [0.717, 1.165) is 43.9 Å². The summed E-state index contributed by atoms with van der Waals surface area (Å²) in [4.78, 5) is 12.3. The fourth-order valence-corrected chi connectivity index (χ4v) is 4.16. The second-order valence-electron chi connectivity index (χ2n) is 9.05. The lowest BCUT2D eigenvalue weighted by atomic mass is 9.70. The molecule has 0 saturated heterocycles. The van der Waals surface area contributed by atoms with Crippen LogP contribution in [0.5, 0.6) is 0 Å². The summed E-state index contributed by atoms with van der Waals surface area (Å²) in [5, 5.41) is 2.88. The number of carbonyl (C=O) groups is 1. The molecule has 1 aromatic carbocycles. The van der Waals surface area contributed by atoms with Crippen LogP contribution in [-0.2, 0) is 30.4 Å².